The van der Waals surface area contributed by atoms with Gasteiger partial charge in [-0.25, -0.2) is 0 Å². The van der Waals surface area contributed by atoms with E-state index in [2.05, 4.69) is 24.1 Å². The maximum atomic E-state index is 12.8. The normalized spacial score (nSPS) is 27.6. The molecule has 2 aliphatic heterocycles. The van der Waals surface area contributed by atoms with Crippen LogP contribution in [-0.2, 0) is 9.59 Å². The number of rotatable bonds is 5. The minimum Gasteiger partial charge on any atom is -0.338 e. The molecule has 3 rings (SSSR count). The van der Waals surface area contributed by atoms with Gasteiger partial charge >= 0.3 is 0 Å². The van der Waals surface area contributed by atoms with Crippen LogP contribution in [0.25, 0.3) is 0 Å². The molecule has 1 aliphatic carbocycles. The van der Waals surface area contributed by atoms with Crippen molar-refractivity contribution >= 4 is 36.6 Å². The Kier molecular flexibility index (Phi) is 10.4. The Morgan fingerprint density at radius 1 is 0.963 bits per heavy atom. The summed E-state index contributed by atoms with van der Waals surface area (Å²) in [7, 11) is 0. The van der Waals surface area contributed by atoms with E-state index in [4.69, 9.17) is 0 Å². The fourth-order valence-corrected chi connectivity index (χ4v) is 4.65. The predicted molar refractivity (Wildman–Crippen MR) is 113 cm³/mol. The molecule has 0 aromatic carbocycles. The van der Waals surface area contributed by atoms with Gasteiger partial charge in [-0.3, -0.25) is 14.5 Å². The molecule has 158 valence electrons. The van der Waals surface area contributed by atoms with Gasteiger partial charge in [0, 0.05) is 32.2 Å². The van der Waals surface area contributed by atoms with Crippen LogP contribution in [0.15, 0.2) is 0 Å². The summed E-state index contributed by atoms with van der Waals surface area (Å²) in [4.78, 5) is 31.3. The summed E-state index contributed by atoms with van der Waals surface area (Å²) in [6.45, 7) is 9.16. The summed E-state index contributed by atoms with van der Waals surface area (Å²) in [5.74, 6) is 1.14. The van der Waals surface area contributed by atoms with E-state index < -0.39 is 0 Å². The highest BCUT2D eigenvalue weighted by molar-refractivity contribution is 5.85. The lowest BCUT2D eigenvalue weighted by atomic mass is 9.85. The number of fused-ring (bicyclic) bond motifs is 1. The van der Waals surface area contributed by atoms with E-state index in [0.717, 1.165) is 19.5 Å². The lowest BCUT2D eigenvalue weighted by Crippen LogP contribution is -2.55. The van der Waals surface area contributed by atoms with E-state index in [9.17, 15) is 9.59 Å². The molecule has 0 aromatic heterocycles. The van der Waals surface area contributed by atoms with Crippen molar-refractivity contribution in [1.82, 2.24) is 20.0 Å². The topological polar surface area (TPSA) is 55.9 Å². The monoisotopic (exact) mass is 422 g/mol. The van der Waals surface area contributed by atoms with Crippen LogP contribution in [-0.4, -0.2) is 84.4 Å². The molecule has 1 saturated carbocycles. The van der Waals surface area contributed by atoms with Crippen LogP contribution in [0, 0.1) is 5.92 Å². The van der Waals surface area contributed by atoms with Crippen molar-refractivity contribution in [2.24, 2.45) is 5.92 Å². The number of likely N-dealkylation sites (N-methyl/N-ethyl adjacent to an activating group) is 1. The number of hydrogen-bond donors (Lipinski definition) is 1. The average molecular weight is 423 g/mol. The van der Waals surface area contributed by atoms with Gasteiger partial charge in [-0.2, -0.15) is 0 Å². The first kappa shape index (κ1) is 24.5. The molecule has 2 amide bonds. The quantitative estimate of drug-likeness (QED) is 0.733. The SMILES string of the molecule is CCN(CC)CC(=O)N1CCN(C(=O)C2CC3CCCCC3N2)CC1.Cl.Cl. The van der Waals surface area contributed by atoms with E-state index in [-0.39, 0.29) is 42.7 Å². The molecule has 6 nitrogen and oxygen atoms in total. The van der Waals surface area contributed by atoms with E-state index in [1.54, 1.807) is 0 Å². The molecule has 1 N–H and O–H groups in total. The van der Waals surface area contributed by atoms with Crippen molar-refractivity contribution in [1.29, 1.82) is 0 Å². The van der Waals surface area contributed by atoms with Crippen molar-refractivity contribution in [3.63, 3.8) is 0 Å². The standard InChI is InChI=1S/C19H34N4O2.2ClH/c1-3-21(4-2)14-18(24)22-9-11-23(12-10-22)19(25)17-13-15-7-5-6-8-16(15)20-17;;/h15-17,20H,3-14H2,1-2H3;2*1H. The summed E-state index contributed by atoms with van der Waals surface area (Å²) in [6.07, 6.45) is 6.11. The highest BCUT2D eigenvalue weighted by Crippen LogP contribution is 2.33. The van der Waals surface area contributed by atoms with Crippen LogP contribution < -0.4 is 5.32 Å². The fraction of sp³-hybridized carbons (Fsp3) is 0.895. The van der Waals surface area contributed by atoms with E-state index in [0.29, 0.717) is 44.7 Å². The number of piperazine rings is 1. The molecule has 0 bridgehead atoms. The van der Waals surface area contributed by atoms with Crippen molar-refractivity contribution < 1.29 is 9.59 Å². The lowest BCUT2D eigenvalue weighted by molar-refractivity contribution is -0.141. The first-order chi connectivity index (χ1) is 12.1. The largest absolute Gasteiger partial charge is 0.338 e. The van der Waals surface area contributed by atoms with Gasteiger partial charge in [0.15, 0.2) is 0 Å². The number of amides is 2. The molecule has 2 heterocycles. The average Bonchev–Trinajstić information content (AvgIpc) is 3.09. The molecule has 0 spiro atoms. The molecular formula is C19H36Cl2N4O2. The summed E-state index contributed by atoms with van der Waals surface area (Å²) >= 11 is 0. The van der Waals surface area contributed by atoms with Gasteiger partial charge < -0.3 is 15.1 Å². The van der Waals surface area contributed by atoms with Crippen LogP contribution >= 0.6 is 24.8 Å². The third-order valence-electron chi connectivity index (χ3n) is 6.36. The molecule has 3 atom stereocenters. The maximum absolute atomic E-state index is 12.8. The van der Waals surface area contributed by atoms with E-state index in [1.807, 2.05) is 9.80 Å². The molecular weight excluding hydrogens is 387 g/mol. The number of nitrogens with zero attached hydrogens (tertiary/aromatic N) is 3. The van der Waals surface area contributed by atoms with Gasteiger partial charge in [-0.05, 0) is 38.3 Å². The molecule has 3 aliphatic rings. The first-order valence-corrected chi connectivity index (χ1v) is 10.2. The van der Waals surface area contributed by atoms with Gasteiger partial charge in [0.2, 0.25) is 11.8 Å². The van der Waals surface area contributed by atoms with Crippen molar-refractivity contribution in [3.8, 4) is 0 Å². The second-order valence-electron chi connectivity index (χ2n) is 7.77. The van der Waals surface area contributed by atoms with Gasteiger partial charge in [0.05, 0.1) is 12.6 Å². The van der Waals surface area contributed by atoms with Crippen LogP contribution in [0.3, 0.4) is 0 Å². The first-order valence-electron chi connectivity index (χ1n) is 10.2. The smallest absolute Gasteiger partial charge is 0.239 e. The molecule has 27 heavy (non-hydrogen) atoms. The number of hydrogen-bond acceptors (Lipinski definition) is 4. The Labute approximate surface area is 176 Å². The fourth-order valence-electron chi connectivity index (χ4n) is 4.65. The Hall–Kier alpha value is -0.560. The molecule has 2 saturated heterocycles. The summed E-state index contributed by atoms with van der Waals surface area (Å²) in [6, 6.07) is 0.561. The van der Waals surface area contributed by atoms with Gasteiger partial charge in [0.1, 0.15) is 0 Å². The molecule has 8 heteroatoms. The Morgan fingerprint density at radius 2 is 1.56 bits per heavy atom. The Balaban J connectivity index is 0.00000182. The Bertz CT molecular complexity index is 468. The molecule has 3 unspecified atom stereocenters. The summed E-state index contributed by atoms with van der Waals surface area (Å²) < 4.78 is 0. The zero-order valence-corrected chi connectivity index (χ0v) is 18.3. The number of halogens is 2. The number of nitrogens with one attached hydrogen (secondary N) is 1. The van der Waals surface area contributed by atoms with Crippen molar-refractivity contribution in [2.75, 3.05) is 45.8 Å². The second kappa shape index (κ2) is 11.4. The van der Waals surface area contributed by atoms with Crippen LogP contribution in [0.5, 0.6) is 0 Å². The zero-order chi connectivity index (χ0) is 17.8. The van der Waals surface area contributed by atoms with Crippen molar-refractivity contribution in [3.05, 3.63) is 0 Å². The summed E-state index contributed by atoms with van der Waals surface area (Å²) in [5, 5.41) is 3.59. The summed E-state index contributed by atoms with van der Waals surface area (Å²) in [5.41, 5.74) is 0. The van der Waals surface area contributed by atoms with Crippen LogP contribution in [0.1, 0.15) is 46.0 Å². The number of carbonyl (C=O) groups excluding carboxylic acids is 2. The molecule has 0 radical (unpaired) electrons. The van der Waals surface area contributed by atoms with Crippen LogP contribution in [0.2, 0.25) is 0 Å². The zero-order valence-electron chi connectivity index (χ0n) is 16.7. The second-order valence-corrected chi connectivity index (χ2v) is 7.77. The van der Waals surface area contributed by atoms with Gasteiger partial charge in [0.25, 0.3) is 0 Å². The minimum absolute atomic E-state index is 0. The van der Waals surface area contributed by atoms with Crippen molar-refractivity contribution in [2.45, 2.75) is 58.0 Å². The molecule has 0 aromatic rings. The van der Waals surface area contributed by atoms with E-state index in [1.165, 1.54) is 25.7 Å². The third kappa shape index (κ3) is 5.96. The van der Waals surface area contributed by atoms with Crippen LogP contribution in [0.4, 0.5) is 0 Å². The highest BCUT2D eigenvalue weighted by Gasteiger charge is 2.40. The highest BCUT2D eigenvalue weighted by atomic mass is 35.5. The maximum Gasteiger partial charge on any atom is 0.239 e. The Morgan fingerprint density at radius 3 is 2.15 bits per heavy atom. The number of carbonyl (C=O) groups is 2. The third-order valence-corrected chi connectivity index (χ3v) is 6.36. The van der Waals surface area contributed by atoms with Gasteiger partial charge in [-0.1, -0.05) is 26.7 Å². The van der Waals surface area contributed by atoms with E-state index >= 15 is 0 Å². The lowest BCUT2D eigenvalue weighted by Gasteiger charge is -2.36. The molecule has 3 fully saturated rings. The predicted octanol–water partition coefficient (Wildman–Crippen LogP) is 1.76. The van der Waals surface area contributed by atoms with Gasteiger partial charge in [-0.15, -0.1) is 24.8 Å². The minimum atomic E-state index is 0.